The fourth-order valence-electron chi connectivity index (χ4n) is 2.88. The lowest BCUT2D eigenvalue weighted by molar-refractivity contribution is 0.0526. The molecule has 0 spiro atoms. The standard InChI is InChI=1S/C17H13N3O3/c1-2-23-17(22)9-3-4-10-11(7-9)16(21)20-15-14(10)12-8-18-6-5-13(12)19-15/h3-8H,2H2,1H3,(H2,19,20,21). The monoisotopic (exact) mass is 307 g/mol. The fourth-order valence-corrected chi connectivity index (χ4v) is 2.88. The van der Waals surface area contributed by atoms with Crippen molar-refractivity contribution in [3.8, 4) is 0 Å². The first-order valence-electron chi connectivity index (χ1n) is 7.27. The maximum atomic E-state index is 12.4. The third-order valence-electron chi connectivity index (χ3n) is 3.88. The van der Waals surface area contributed by atoms with Gasteiger partial charge < -0.3 is 14.7 Å². The lowest BCUT2D eigenvalue weighted by atomic mass is 10.0. The van der Waals surface area contributed by atoms with Gasteiger partial charge in [-0.3, -0.25) is 9.78 Å². The summed E-state index contributed by atoms with van der Waals surface area (Å²) < 4.78 is 4.99. The molecule has 4 rings (SSSR count). The Kier molecular flexibility index (Phi) is 2.90. The lowest BCUT2D eigenvalue weighted by Crippen LogP contribution is -2.09. The van der Waals surface area contributed by atoms with Crippen LogP contribution in [0.25, 0.3) is 32.7 Å². The van der Waals surface area contributed by atoms with E-state index in [2.05, 4.69) is 15.0 Å². The average Bonchev–Trinajstić information content (AvgIpc) is 2.93. The molecule has 0 bridgehead atoms. The van der Waals surface area contributed by atoms with Gasteiger partial charge in [0.2, 0.25) is 0 Å². The highest BCUT2D eigenvalue weighted by atomic mass is 16.5. The number of hydrogen-bond acceptors (Lipinski definition) is 4. The summed E-state index contributed by atoms with van der Waals surface area (Å²) in [5.41, 5.74) is 1.65. The molecule has 23 heavy (non-hydrogen) atoms. The minimum atomic E-state index is -0.436. The van der Waals surface area contributed by atoms with Crippen LogP contribution in [0.4, 0.5) is 0 Å². The van der Waals surface area contributed by atoms with E-state index in [1.165, 1.54) is 0 Å². The smallest absolute Gasteiger partial charge is 0.338 e. The molecule has 6 heteroatoms. The van der Waals surface area contributed by atoms with Crippen LogP contribution in [0, 0.1) is 0 Å². The second-order valence-electron chi connectivity index (χ2n) is 5.23. The molecule has 0 fully saturated rings. The van der Waals surface area contributed by atoms with Crippen LogP contribution in [0.2, 0.25) is 0 Å². The summed E-state index contributed by atoms with van der Waals surface area (Å²) in [7, 11) is 0. The van der Waals surface area contributed by atoms with Crippen molar-refractivity contribution >= 4 is 38.7 Å². The Labute approximate surface area is 130 Å². The Bertz CT molecular complexity index is 1120. The summed E-state index contributed by atoms with van der Waals surface area (Å²) in [5, 5.41) is 3.04. The van der Waals surface area contributed by atoms with E-state index in [9.17, 15) is 9.59 Å². The van der Waals surface area contributed by atoms with Gasteiger partial charge in [-0.1, -0.05) is 6.07 Å². The molecule has 3 aromatic heterocycles. The number of aromatic amines is 2. The van der Waals surface area contributed by atoms with Gasteiger partial charge in [-0.2, -0.15) is 0 Å². The molecule has 0 radical (unpaired) electrons. The van der Waals surface area contributed by atoms with Gasteiger partial charge in [0.25, 0.3) is 5.56 Å². The number of ether oxygens (including phenoxy) is 1. The fraction of sp³-hybridized carbons (Fsp3) is 0.118. The molecule has 0 amide bonds. The van der Waals surface area contributed by atoms with E-state index in [4.69, 9.17) is 4.74 Å². The summed E-state index contributed by atoms with van der Waals surface area (Å²) >= 11 is 0. The highest BCUT2D eigenvalue weighted by Gasteiger charge is 2.14. The first-order valence-corrected chi connectivity index (χ1v) is 7.27. The topological polar surface area (TPSA) is 87.8 Å². The molecular weight excluding hydrogens is 294 g/mol. The van der Waals surface area contributed by atoms with Crippen molar-refractivity contribution < 1.29 is 9.53 Å². The van der Waals surface area contributed by atoms with Crippen LogP contribution in [0.1, 0.15) is 17.3 Å². The molecule has 4 aromatic rings. The van der Waals surface area contributed by atoms with E-state index in [1.54, 1.807) is 37.5 Å². The normalized spacial score (nSPS) is 11.3. The first-order chi connectivity index (χ1) is 11.2. The van der Waals surface area contributed by atoms with E-state index < -0.39 is 5.97 Å². The quantitative estimate of drug-likeness (QED) is 0.557. The number of pyridine rings is 2. The zero-order valence-corrected chi connectivity index (χ0v) is 12.3. The molecule has 0 atom stereocenters. The Hall–Kier alpha value is -3.15. The summed E-state index contributed by atoms with van der Waals surface area (Å²) in [6, 6.07) is 6.88. The van der Waals surface area contributed by atoms with E-state index in [0.717, 1.165) is 21.7 Å². The third-order valence-corrected chi connectivity index (χ3v) is 3.88. The number of H-pyrrole nitrogens is 2. The van der Waals surface area contributed by atoms with Crippen LogP contribution < -0.4 is 5.56 Å². The molecule has 3 heterocycles. The maximum absolute atomic E-state index is 12.4. The van der Waals surface area contributed by atoms with Crippen LogP contribution in [0.5, 0.6) is 0 Å². The molecule has 0 saturated heterocycles. The first kappa shape index (κ1) is 13.5. The molecule has 0 aliphatic heterocycles. The highest BCUT2D eigenvalue weighted by Crippen LogP contribution is 2.29. The highest BCUT2D eigenvalue weighted by molar-refractivity contribution is 6.19. The Balaban J connectivity index is 2.09. The largest absolute Gasteiger partial charge is 0.462 e. The Morgan fingerprint density at radius 3 is 2.87 bits per heavy atom. The molecule has 0 unspecified atom stereocenters. The van der Waals surface area contributed by atoms with Crippen molar-refractivity contribution in [1.82, 2.24) is 15.0 Å². The van der Waals surface area contributed by atoms with Crippen molar-refractivity contribution in [2.45, 2.75) is 6.92 Å². The SMILES string of the molecule is CCOC(=O)c1ccc2c(c1)c(=O)[nH]c1[nH]c3ccncc3c12. The van der Waals surface area contributed by atoms with Gasteiger partial charge in [0.1, 0.15) is 5.65 Å². The summed E-state index contributed by atoms with van der Waals surface area (Å²) in [6.45, 7) is 2.04. The molecule has 6 nitrogen and oxygen atoms in total. The number of fused-ring (bicyclic) bond motifs is 5. The third kappa shape index (κ3) is 1.99. The van der Waals surface area contributed by atoms with E-state index >= 15 is 0 Å². The van der Waals surface area contributed by atoms with E-state index in [1.807, 2.05) is 6.07 Å². The predicted octanol–water partition coefficient (Wildman–Crippen LogP) is 2.73. The van der Waals surface area contributed by atoms with Crippen molar-refractivity contribution in [3.63, 3.8) is 0 Å². The van der Waals surface area contributed by atoms with Crippen LogP contribution in [0.15, 0.2) is 41.5 Å². The summed E-state index contributed by atoms with van der Waals surface area (Å²) in [4.78, 5) is 34.4. The maximum Gasteiger partial charge on any atom is 0.338 e. The van der Waals surface area contributed by atoms with Crippen molar-refractivity contribution in [1.29, 1.82) is 0 Å². The molecule has 114 valence electrons. The number of hydrogen-bond donors (Lipinski definition) is 2. The van der Waals surface area contributed by atoms with Gasteiger partial charge >= 0.3 is 5.97 Å². The van der Waals surface area contributed by atoms with Crippen molar-refractivity contribution in [3.05, 3.63) is 52.6 Å². The molecule has 0 saturated carbocycles. The Morgan fingerprint density at radius 2 is 2.04 bits per heavy atom. The number of esters is 1. The predicted molar refractivity (Wildman–Crippen MR) is 87.7 cm³/mol. The molecule has 2 N–H and O–H groups in total. The molecular formula is C17H13N3O3. The van der Waals surface area contributed by atoms with Gasteiger partial charge in [0, 0.05) is 28.6 Å². The Morgan fingerprint density at radius 1 is 1.17 bits per heavy atom. The van der Waals surface area contributed by atoms with Gasteiger partial charge in [0.15, 0.2) is 0 Å². The lowest BCUT2D eigenvalue weighted by Gasteiger charge is -2.04. The van der Waals surface area contributed by atoms with Gasteiger partial charge in [-0.25, -0.2) is 4.79 Å². The number of carbonyl (C=O) groups excluding carboxylic acids is 1. The molecule has 0 aliphatic rings. The van der Waals surface area contributed by atoms with Crippen molar-refractivity contribution in [2.75, 3.05) is 6.61 Å². The average molecular weight is 307 g/mol. The number of carbonyl (C=O) groups is 1. The van der Waals surface area contributed by atoms with Crippen LogP contribution in [0.3, 0.4) is 0 Å². The van der Waals surface area contributed by atoms with Gasteiger partial charge in [-0.05, 0) is 30.5 Å². The van der Waals surface area contributed by atoms with Crippen LogP contribution in [-0.4, -0.2) is 27.5 Å². The number of aromatic nitrogens is 3. The van der Waals surface area contributed by atoms with Gasteiger partial charge in [-0.15, -0.1) is 0 Å². The van der Waals surface area contributed by atoms with Gasteiger partial charge in [0.05, 0.1) is 17.7 Å². The second-order valence-corrected chi connectivity index (χ2v) is 5.23. The van der Waals surface area contributed by atoms with Crippen LogP contribution >= 0.6 is 0 Å². The number of rotatable bonds is 2. The minimum Gasteiger partial charge on any atom is -0.462 e. The number of nitrogens with one attached hydrogen (secondary N) is 2. The summed E-state index contributed by atoms with van der Waals surface area (Å²) in [5.74, 6) is -0.436. The molecule has 0 aliphatic carbocycles. The minimum absolute atomic E-state index is 0.252. The zero-order valence-electron chi connectivity index (χ0n) is 12.3. The summed E-state index contributed by atoms with van der Waals surface area (Å²) in [6.07, 6.45) is 3.45. The van der Waals surface area contributed by atoms with Crippen LogP contribution in [-0.2, 0) is 4.74 Å². The number of benzene rings is 1. The van der Waals surface area contributed by atoms with E-state index in [0.29, 0.717) is 23.2 Å². The molecule has 1 aromatic carbocycles. The van der Waals surface area contributed by atoms with E-state index in [-0.39, 0.29) is 5.56 Å². The zero-order chi connectivity index (χ0) is 16.0. The number of nitrogens with zero attached hydrogens (tertiary/aromatic N) is 1. The van der Waals surface area contributed by atoms with Crippen molar-refractivity contribution in [2.24, 2.45) is 0 Å². The second kappa shape index (κ2) is 4.95.